The van der Waals surface area contributed by atoms with Crippen molar-refractivity contribution in [1.29, 1.82) is 0 Å². The Kier molecular flexibility index (Phi) is 5.07. The van der Waals surface area contributed by atoms with Crippen molar-refractivity contribution in [3.63, 3.8) is 0 Å². The van der Waals surface area contributed by atoms with Gasteiger partial charge in [-0.3, -0.25) is 9.59 Å². The van der Waals surface area contributed by atoms with Crippen molar-refractivity contribution in [2.45, 2.75) is 32.2 Å². The topological polar surface area (TPSA) is 75.2 Å². The van der Waals surface area contributed by atoms with Gasteiger partial charge in [-0.2, -0.15) is 0 Å². The van der Waals surface area contributed by atoms with Gasteiger partial charge in [-0.15, -0.1) is 0 Å². The molecule has 6 nitrogen and oxygen atoms in total. The molecule has 6 heteroatoms. The van der Waals surface area contributed by atoms with Crippen LogP contribution in [0.5, 0.6) is 0 Å². The number of benzene rings is 1. The van der Waals surface area contributed by atoms with Crippen molar-refractivity contribution in [3.05, 3.63) is 53.3 Å². The summed E-state index contributed by atoms with van der Waals surface area (Å²) in [5.41, 5.74) is 1.80. The van der Waals surface area contributed by atoms with Gasteiger partial charge in [-0.05, 0) is 25.8 Å². The predicted molar refractivity (Wildman–Crippen MR) is 95.8 cm³/mol. The number of likely N-dealkylation sites (tertiary alicyclic amines) is 1. The number of rotatable bonds is 5. The molecule has 1 aromatic heterocycles. The largest absolute Gasteiger partial charge is 0.357 e. The highest BCUT2D eigenvalue weighted by Gasteiger charge is 2.32. The summed E-state index contributed by atoms with van der Waals surface area (Å²) in [6.07, 6.45) is 2.09. The second-order valence-corrected chi connectivity index (χ2v) is 6.26. The monoisotopic (exact) mass is 338 g/mol. The first kappa shape index (κ1) is 17.1. The van der Waals surface area contributed by atoms with Gasteiger partial charge in [0.25, 0.3) is 5.91 Å². The standard InChI is InChI=1S/C19H22N4O2/c1-13-11-16(22-19(20-2)21-13)18(25)23-10-6-9-15(23)12-17(24)14-7-4-3-5-8-14/h3-5,7-8,11,15H,6,9-10,12H2,1-2H3,(H,20,21,22)/t15-/m0/s1. The Balaban J connectivity index is 1.76. The van der Waals surface area contributed by atoms with Gasteiger partial charge in [0.15, 0.2) is 5.78 Å². The van der Waals surface area contributed by atoms with Crippen molar-refractivity contribution >= 4 is 17.6 Å². The number of hydrogen-bond donors (Lipinski definition) is 1. The summed E-state index contributed by atoms with van der Waals surface area (Å²) in [4.78, 5) is 35.6. The number of aryl methyl sites for hydroxylation is 1. The number of ketones is 1. The summed E-state index contributed by atoms with van der Waals surface area (Å²) < 4.78 is 0. The molecule has 1 amide bonds. The quantitative estimate of drug-likeness (QED) is 0.849. The van der Waals surface area contributed by atoms with Gasteiger partial charge < -0.3 is 10.2 Å². The predicted octanol–water partition coefficient (Wildman–Crippen LogP) is 2.70. The average Bonchev–Trinajstić information content (AvgIpc) is 3.09. The minimum Gasteiger partial charge on any atom is -0.357 e. The molecule has 0 unspecified atom stereocenters. The molecular weight excluding hydrogens is 316 g/mol. The van der Waals surface area contributed by atoms with Crippen LogP contribution in [0.25, 0.3) is 0 Å². The zero-order valence-corrected chi connectivity index (χ0v) is 14.5. The molecule has 25 heavy (non-hydrogen) atoms. The summed E-state index contributed by atoms with van der Waals surface area (Å²) in [5.74, 6) is 0.366. The maximum absolute atomic E-state index is 12.9. The van der Waals surface area contributed by atoms with Crippen LogP contribution in [0.4, 0.5) is 5.95 Å². The van der Waals surface area contributed by atoms with Crippen LogP contribution in [-0.2, 0) is 0 Å². The van der Waals surface area contributed by atoms with Crippen LogP contribution in [0.2, 0.25) is 0 Å². The number of nitrogens with one attached hydrogen (secondary N) is 1. The van der Waals surface area contributed by atoms with Crippen LogP contribution < -0.4 is 5.32 Å². The summed E-state index contributed by atoms with van der Waals surface area (Å²) in [5, 5.41) is 2.87. The van der Waals surface area contributed by atoms with Crippen LogP contribution >= 0.6 is 0 Å². The molecule has 1 aliphatic heterocycles. The molecule has 0 spiro atoms. The smallest absolute Gasteiger partial charge is 0.272 e. The van der Waals surface area contributed by atoms with Gasteiger partial charge in [0.2, 0.25) is 5.95 Å². The SMILES string of the molecule is CNc1nc(C)cc(C(=O)N2CCC[C@H]2CC(=O)c2ccccc2)n1. The highest BCUT2D eigenvalue weighted by atomic mass is 16.2. The van der Waals surface area contributed by atoms with E-state index in [0.717, 1.165) is 18.5 Å². The van der Waals surface area contributed by atoms with Crippen LogP contribution in [-0.4, -0.2) is 46.2 Å². The highest BCUT2D eigenvalue weighted by Crippen LogP contribution is 2.24. The van der Waals surface area contributed by atoms with Crippen LogP contribution in [0.3, 0.4) is 0 Å². The lowest BCUT2D eigenvalue weighted by atomic mass is 10.0. The molecule has 0 radical (unpaired) electrons. The molecule has 2 heterocycles. The number of carbonyl (C=O) groups is 2. The van der Waals surface area contributed by atoms with Gasteiger partial charge in [0.05, 0.1) is 0 Å². The Morgan fingerprint density at radius 2 is 2.00 bits per heavy atom. The third kappa shape index (κ3) is 3.84. The number of hydrogen-bond acceptors (Lipinski definition) is 5. The molecule has 130 valence electrons. The van der Waals surface area contributed by atoms with Crippen molar-refractivity contribution in [3.8, 4) is 0 Å². The molecular formula is C19H22N4O2. The second kappa shape index (κ2) is 7.42. The molecule has 0 aliphatic carbocycles. The van der Waals surface area contributed by atoms with Crippen molar-refractivity contribution in [2.75, 3.05) is 18.9 Å². The first-order chi connectivity index (χ1) is 12.1. The molecule has 1 saturated heterocycles. The molecule has 1 aromatic carbocycles. The molecule has 2 aromatic rings. The van der Waals surface area contributed by atoms with E-state index in [2.05, 4.69) is 15.3 Å². The molecule has 1 atom stereocenters. The maximum atomic E-state index is 12.9. The Labute approximate surface area is 147 Å². The number of aromatic nitrogens is 2. The van der Waals surface area contributed by atoms with E-state index in [9.17, 15) is 9.59 Å². The maximum Gasteiger partial charge on any atom is 0.272 e. The van der Waals surface area contributed by atoms with Crippen molar-refractivity contribution in [2.24, 2.45) is 0 Å². The summed E-state index contributed by atoms with van der Waals surface area (Å²) in [6, 6.07) is 10.8. The molecule has 1 aliphatic rings. The van der Waals surface area contributed by atoms with Gasteiger partial charge in [0.1, 0.15) is 5.69 Å². The molecule has 0 bridgehead atoms. The minimum atomic E-state index is -0.134. The number of anilines is 1. The van der Waals surface area contributed by atoms with Gasteiger partial charge in [0, 0.05) is 37.3 Å². The summed E-state index contributed by atoms with van der Waals surface area (Å²) in [7, 11) is 1.72. The Hall–Kier alpha value is -2.76. The first-order valence-corrected chi connectivity index (χ1v) is 8.51. The Morgan fingerprint density at radius 1 is 1.24 bits per heavy atom. The lowest BCUT2D eigenvalue weighted by Crippen LogP contribution is -2.37. The van der Waals surface area contributed by atoms with E-state index in [0.29, 0.717) is 30.2 Å². The van der Waals surface area contributed by atoms with Gasteiger partial charge >= 0.3 is 0 Å². The van der Waals surface area contributed by atoms with E-state index in [1.165, 1.54) is 0 Å². The van der Waals surface area contributed by atoms with Crippen LogP contribution in [0, 0.1) is 6.92 Å². The number of amides is 1. The van der Waals surface area contributed by atoms with Crippen molar-refractivity contribution < 1.29 is 9.59 Å². The third-order valence-corrected chi connectivity index (χ3v) is 4.45. The Morgan fingerprint density at radius 3 is 2.72 bits per heavy atom. The van der Waals surface area contributed by atoms with E-state index in [4.69, 9.17) is 0 Å². The van der Waals surface area contributed by atoms with Crippen LogP contribution in [0.15, 0.2) is 36.4 Å². The van der Waals surface area contributed by atoms with Gasteiger partial charge in [-0.1, -0.05) is 30.3 Å². The second-order valence-electron chi connectivity index (χ2n) is 6.26. The number of carbonyl (C=O) groups excluding carboxylic acids is 2. The van der Waals surface area contributed by atoms with E-state index in [-0.39, 0.29) is 17.7 Å². The summed E-state index contributed by atoms with van der Waals surface area (Å²) >= 11 is 0. The third-order valence-electron chi connectivity index (χ3n) is 4.45. The fraction of sp³-hybridized carbons (Fsp3) is 0.368. The summed E-state index contributed by atoms with van der Waals surface area (Å²) in [6.45, 7) is 2.49. The zero-order chi connectivity index (χ0) is 17.8. The average molecular weight is 338 g/mol. The van der Waals surface area contributed by atoms with Crippen LogP contribution in [0.1, 0.15) is 45.8 Å². The normalized spacial score (nSPS) is 16.7. The Bertz CT molecular complexity index is 776. The van der Waals surface area contributed by atoms with E-state index in [1.807, 2.05) is 37.3 Å². The first-order valence-electron chi connectivity index (χ1n) is 8.51. The molecule has 1 fully saturated rings. The molecule has 3 rings (SSSR count). The van der Waals surface area contributed by atoms with E-state index >= 15 is 0 Å². The van der Waals surface area contributed by atoms with E-state index < -0.39 is 0 Å². The molecule has 1 N–H and O–H groups in total. The zero-order valence-electron chi connectivity index (χ0n) is 14.5. The molecule has 0 saturated carbocycles. The fourth-order valence-corrected chi connectivity index (χ4v) is 3.21. The number of Topliss-reactive ketones (excluding diaryl/α,β-unsaturated/α-hetero) is 1. The van der Waals surface area contributed by atoms with Crippen molar-refractivity contribution in [1.82, 2.24) is 14.9 Å². The lowest BCUT2D eigenvalue weighted by molar-refractivity contribution is 0.0711. The fourth-order valence-electron chi connectivity index (χ4n) is 3.21. The minimum absolute atomic E-state index is 0.0695. The highest BCUT2D eigenvalue weighted by molar-refractivity contribution is 5.97. The number of nitrogens with zero attached hydrogens (tertiary/aromatic N) is 3. The van der Waals surface area contributed by atoms with E-state index in [1.54, 1.807) is 18.0 Å². The van der Waals surface area contributed by atoms with Gasteiger partial charge in [-0.25, -0.2) is 9.97 Å². The lowest BCUT2D eigenvalue weighted by Gasteiger charge is -2.24.